The van der Waals surface area contributed by atoms with E-state index >= 15 is 0 Å². The van der Waals surface area contributed by atoms with Crippen molar-refractivity contribution < 1.29 is 9.13 Å². The maximum absolute atomic E-state index is 12.8. The molecule has 0 bridgehead atoms. The van der Waals surface area contributed by atoms with Gasteiger partial charge in [-0.3, -0.25) is 0 Å². The third kappa shape index (κ3) is 2.46. The highest BCUT2D eigenvalue weighted by Gasteiger charge is 2.00. The predicted molar refractivity (Wildman–Crippen MR) is 48.9 cm³/mol. The average Bonchev–Trinajstić information content (AvgIpc) is 2.15. The molecule has 0 aliphatic carbocycles. The van der Waals surface area contributed by atoms with Crippen molar-refractivity contribution in [1.82, 2.24) is 0 Å². The molecular weight excluding hydrogens is 169 g/mol. The largest absolute Gasteiger partial charge is 0.495 e. The number of rotatable bonds is 1. The van der Waals surface area contributed by atoms with Gasteiger partial charge in [0.1, 0.15) is 11.6 Å². The van der Waals surface area contributed by atoms with E-state index in [1.54, 1.807) is 0 Å². The molecule has 1 aromatic carbocycles. The summed E-state index contributed by atoms with van der Waals surface area (Å²) in [6.45, 7) is 0.250. The van der Waals surface area contributed by atoms with Gasteiger partial charge >= 0.3 is 0 Å². The van der Waals surface area contributed by atoms with Gasteiger partial charge in [-0.1, -0.05) is 11.8 Å². The highest BCUT2D eigenvalue weighted by Crippen LogP contribution is 2.17. The number of hydrogen-bond acceptors (Lipinski definition) is 2. The van der Waals surface area contributed by atoms with Crippen LogP contribution in [0.3, 0.4) is 0 Å². The Balaban J connectivity index is 3.08. The number of halogens is 1. The average molecular weight is 179 g/mol. The number of nitrogens with two attached hydrogens (primary N) is 1. The van der Waals surface area contributed by atoms with Crippen LogP contribution in [0.1, 0.15) is 5.56 Å². The summed E-state index contributed by atoms with van der Waals surface area (Å²) in [6, 6.07) is 4.18. The lowest BCUT2D eigenvalue weighted by molar-refractivity contribution is 0.412. The number of hydrogen-bond donors (Lipinski definition) is 1. The summed E-state index contributed by atoms with van der Waals surface area (Å²) in [6.07, 6.45) is 0. The SMILES string of the molecule is COc1ccc(F)cc1C#CCN. The number of benzene rings is 1. The fourth-order valence-corrected chi connectivity index (χ4v) is 0.924. The standard InChI is InChI=1S/C10H10FNO/c1-13-10-5-4-9(11)7-8(10)3-2-6-12/h4-5,7H,6,12H2,1H3. The first-order chi connectivity index (χ1) is 6.27. The van der Waals surface area contributed by atoms with Crippen molar-refractivity contribution in [2.45, 2.75) is 0 Å². The van der Waals surface area contributed by atoms with Crippen molar-refractivity contribution in [3.63, 3.8) is 0 Å². The second kappa shape index (κ2) is 4.48. The van der Waals surface area contributed by atoms with E-state index in [0.717, 1.165) is 0 Å². The van der Waals surface area contributed by atoms with E-state index in [1.165, 1.54) is 25.3 Å². The van der Waals surface area contributed by atoms with Gasteiger partial charge in [-0.2, -0.15) is 0 Å². The van der Waals surface area contributed by atoms with Gasteiger partial charge in [0.05, 0.1) is 19.2 Å². The van der Waals surface area contributed by atoms with E-state index in [-0.39, 0.29) is 12.4 Å². The highest BCUT2D eigenvalue weighted by molar-refractivity contribution is 5.46. The molecule has 2 nitrogen and oxygen atoms in total. The lowest BCUT2D eigenvalue weighted by atomic mass is 10.2. The molecule has 1 rings (SSSR count). The molecule has 0 amide bonds. The Morgan fingerprint density at radius 3 is 2.92 bits per heavy atom. The van der Waals surface area contributed by atoms with Gasteiger partial charge in [0.25, 0.3) is 0 Å². The molecule has 2 N–H and O–H groups in total. The Morgan fingerprint density at radius 1 is 1.54 bits per heavy atom. The molecule has 0 unspecified atom stereocenters. The summed E-state index contributed by atoms with van der Waals surface area (Å²) in [4.78, 5) is 0. The zero-order valence-electron chi connectivity index (χ0n) is 7.30. The summed E-state index contributed by atoms with van der Waals surface area (Å²) in [5.74, 6) is 5.59. The quantitative estimate of drug-likeness (QED) is 0.656. The van der Waals surface area contributed by atoms with Gasteiger partial charge in [0, 0.05) is 0 Å². The van der Waals surface area contributed by atoms with Crippen LogP contribution in [0, 0.1) is 17.7 Å². The highest BCUT2D eigenvalue weighted by atomic mass is 19.1. The normalized spacial score (nSPS) is 8.85. The first-order valence-corrected chi connectivity index (χ1v) is 3.80. The van der Waals surface area contributed by atoms with E-state index < -0.39 is 0 Å². The van der Waals surface area contributed by atoms with Crippen LogP contribution in [0.25, 0.3) is 0 Å². The third-order valence-corrected chi connectivity index (χ3v) is 1.49. The van der Waals surface area contributed by atoms with Crippen molar-refractivity contribution in [2.75, 3.05) is 13.7 Å². The molecule has 1 aromatic rings. The van der Waals surface area contributed by atoms with Crippen LogP contribution in [-0.4, -0.2) is 13.7 Å². The van der Waals surface area contributed by atoms with Crippen molar-refractivity contribution in [3.8, 4) is 17.6 Å². The molecule has 0 radical (unpaired) electrons. The molecule has 0 aliphatic heterocycles. The molecular formula is C10H10FNO. The molecule has 0 saturated heterocycles. The second-order valence-electron chi connectivity index (χ2n) is 2.35. The van der Waals surface area contributed by atoms with E-state index in [1.807, 2.05) is 0 Å². The molecule has 0 heterocycles. The minimum Gasteiger partial charge on any atom is -0.495 e. The Morgan fingerprint density at radius 2 is 2.31 bits per heavy atom. The summed E-state index contributed by atoms with van der Waals surface area (Å²) in [5, 5.41) is 0. The first-order valence-electron chi connectivity index (χ1n) is 3.80. The van der Waals surface area contributed by atoms with Crippen LogP contribution in [0.2, 0.25) is 0 Å². The van der Waals surface area contributed by atoms with E-state index in [4.69, 9.17) is 10.5 Å². The fourth-order valence-electron chi connectivity index (χ4n) is 0.924. The molecule has 13 heavy (non-hydrogen) atoms. The van der Waals surface area contributed by atoms with Gasteiger partial charge in [-0.25, -0.2) is 4.39 Å². The molecule has 0 aromatic heterocycles. The van der Waals surface area contributed by atoms with Crippen LogP contribution in [0.15, 0.2) is 18.2 Å². The summed E-state index contributed by atoms with van der Waals surface area (Å²) >= 11 is 0. The maximum atomic E-state index is 12.8. The van der Waals surface area contributed by atoms with Crippen molar-refractivity contribution >= 4 is 0 Å². The van der Waals surface area contributed by atoms with E-state index in [9.17, 15) is 4.39 Å². The Hall–Kier alpha value is -1.53. The van der Waals surface area contributed by atoms with Crippen LogP contribution < -0.4 is 10.5 Å². The van der Waals surface area contributed by atoms with Crippen molar-refractivity contribution in [1.29, 1.82) is 0 Å². The molecule has 0 saturated carbocycles. The lowest BCUT2D eigenvalue weighted by Gasteiger charge is -2.01. The Kier molecular flexibility index (Phi) is 3.30. The molecule has 0 atom stereocenters. The topological polar surface area (TPSA) is 35.2 Å². The predicted octanol–water partition coefficient (Wildman–Crippen LogP) is 1.14. The van der Waals surface area contributed by atoms with Crippen LogP contribution in [-0.2, 0) is 0 Å². The maximum Gasteiger partial charge on any atom is 0.134 e. The zero-order valence-corrected chi connectivity index (χ0v) is 7.30. The van der Waals surface area contributed by atoms with Gasteiger partial charge in [0.2, 0.25) is 0 Å². The van der Waals surface area contributed by atoms with Gasteiger partial charge in [-0.15, -0.1) is 0 Å². The fraction of sp³-hybridized carbons (Fsp3) is 0.200. The summed E-state index contributed by atoms with van der Waals surface area (Å²) in [5.41, 5.74) is 5.72. The molecule has 0 fully saturated rings. The Bertz CT molecular complexity index is 352. The van der Waals surface area contributed by atoms with Crippen LogP contribution >= 0.6 is 0 Å². The summed E-state index contributed by atoms with van der Waals surface area (Å²) in [7, 11) is 1.51. The van der Waals surface area contributed by atoms with E-state index in [0.29, 0.717) is 11.3 Å². The van der Waals surface area contributed by atoms with Crippen molar-refractivity contribution in [3.05, 3.63) is 29.6 Å². The third-order valence-electron chi connectivity index (χ3n) is 1.49. The number of ether oxygens (including phenoxy) is 1. The minimum atomic E-state index is -0.331. The lowest BCUT2D eigenvalue weighted by Crippen LogP contribution is -1.94. The Labute approximate surface area is 76.5 Å². The van der Waals surface area contributed by atoms with Gasteiger partial charge < -0.3 is 10.5 Å². The molecule has 0 spiro atoms. The number of methoxy groups -OCH3 is 1. The van der Waals surface area contributed by atoms with Gasteiger partial charge in [-0.05, 0) is 18.2 Å². The molecule has 3 heteroatoms. The zero-order chi connectivity index (χ0) is 9.68. The monoisotopic (exact) mass is 179 g/mol. The van der Waals surface area contributed by atoms with Crippen molar-refractivity contribution in [2.24, 2.45) is 5.73 Å². The van der Waals surface area contributed by atoms with Crippen LogP contribution in [0.5, 0.6) is 5.75 Å². The van der Waals surface area contributed by atoms with Crippen LogP contribution in [0.4, 0.5) is 4.39 Å². The van der Waals surface area contributed by atoms with Gasteiger partial charge in [0.15, 0.2) is 0 Å². The molecule has 0 aliphatic rings. The first kappa shape index (κ1) is 9.56. The smallest absolute Gasteiger partial charge is 0.134 e. The summed E-state index contributed by atoms with van der Waals surface area (Å²) < 4.78 is 17.7. The molecule has 68 valence electrons. The second-order valence-corrected chi connectivity index (χ2v) is 2.35. The minimum absolute atomic E-state index is 0.250. The van der Waals surface area contributed by atoms with E-state index in [2.05, 4.69) is 11.8 Å².